The van der Waals surface area contributed by atoms with Crippen molar-refractivity contribution in [1.82, 2.24) is 4.90 Å². The van der Waals surface area contributed by atoms with Crippen molar-refractivity contribution in [3.8, 4) is 11.5 Å². The molecular formula is C20H26N2O3S. The van der Waals surface area contributed by atoms with Crippen LogP contribution in [0.2, 0.25) is 0 Å². The molecule has 1 fully saturated rings. The summed E-state index contributed by atoms with van der Waals surface area (Å²) >= 11 is 1.46. The number of amidine groups is 1. The average Bonchev–Trinajstić information content (AvgIpc) is 2.98. The summed E-state index contributed by atoms with van der Waals surface area (Å²) in [4.78, 5) is 19.5. The van der Waals surface area contributed by atoms with E-state index >= 15 is 0 Å². The molecule has 1 atom stereocenters. The van der Waals surface area contributed by atoms with Gasteiger partial charge in [0.05, 0.1) is 18.1 Å². The minimum Gasteiger partial charge on any atom is -0.494 e. The zero-order chi connectivity index (χ0) is 18.5. The number of rotatable bonds is 5. The Kier molecular flexibility index (Phi) is 6.25. The molecule has 1 aromatic carbocycles. The summed E-state index contributed by atoms with van der Waals surface area (Å²) in [5, 5.41) is 0.830. The van der Waals surface area contributed by atoms with Crippen LogP contribution in [0, 0.1) is 5.92 Å². The van der Waals surface area contributed by atoms with E-state index in [4.69, 9.17) is 9.47 Å². The van der Waals surface area contributed by atoms with E-state index in [1.54, 1.807) is 0 Å². The first-order chi connectivity index (χ1) is 12.6. The Labute approximate surface area is 159 Å². The van der Waals surface area contributed by atoms with Gasteiger partial charge in [-0.05, 0) is 62.6 Å². The predicted molar refractivity (Wildman–Crippen MR) is 107 cm³/mol. The number of benzene rings is 1. The van der Waals surface area contributed by atoms with E-state index in [0.717, 1.165) is 41.7 Å². The largest absolute Gasteiger partial charge is 0.494 e. The molecule has 0 bridgehead atoms. The lowest BCUT2D eigenvalue weighted by Crippen LogP contribution is -2.37. The SMILES string of the molecule is CCOc1ccc(/C=C2\SC(N3CCCC(C)C3)=NC2=O)c(OCC)c1. The van der Waals surface area contributed by atoms with E-state index < -0.39 is 0 Å². The fraction of sp³-hybridized carbons (Fsp3) is 0.500. The maximum atomic E-state index is 12.4. The van der Waals surface area contributed by atoms with Gasteiger partial charge in [-0.2, -0.15) is 4.99 Å². The van der Waals surface area contributed by atoms with E-state index in [0.29, 0.717) is 24.0 Å². The number of carbonyl (C=O) groups is 1. The highest BCUT2D eigenvalue weighted by atomic mass is 32.2. The normalized spacial score (nSPS) is 21.9. The third-order valence-corrected chi connectivity index (χ3v) is 5.46. The quantitative estimate of drug-likeness (QED) is 0.724. The third-order valence-electron chi connectivity index (χ3n) is 4.42. The van der Waals surface area contributed by atoms with E-state index in [-0.39, 0.29) is 5.91 Å². The molecule has 2 aliphatic heterocycles. The third kappa shape index (κ3) is 4.41. The Morgan fingerprint density at radius 2 is 2.12 bits per heavy atom. The second-order valence-electron chi connectivity index (χ2n) is 6.57. The van der Waals surface area contributed by atoms with Gasteiger partial charge in [0, 0.05) is 24.7 Å². The van der Waals surface area contributed by atoms with Gasteiger partial charge in [0.2, 0.25) is 0 Å². The maximum absolute atomic E-state index is 12.4. The van der Waals surface area contributed by atoms with Crippen LogP contribution in [0.3, 0.4) is 0 Å². The smallest absolute Gasteiger partial charge is 0.286 e. The van der Waals surface area contributed by atoms with Gasteiger partial charge in [0.1, 0.15) is 11.5 Å². The fourth-order valence-corrected chi connectivity index (χ4v) is 4.15. The van der Waals surface area contributed by atoms with Crippen LogP contribution < -0.4 is 9.47 Å². The number of carbonyl (C=O) groups excluding carboxylic acids is 1. The molecule has 1 saturated heterocycles. The van der Waals surface area contributed by atoms with Crippen LogP contribution in [0.4, 0.5) is 0 Å². The van der Waals surface area contributed by atoms with Crippen molar-refractivity contribution in [3.05, 3.63) is 28.7 Å². The van der Waals surface area contributed by atoms with Crippen LogP contribution in [-0.4, -0.2) is 42.3 Å². The fourth-order valence-electron chi connectivity index (χ4n) is 3.21. The van der Waals surface area contributed by atoms with Crippen molar-refractivity contribution >= 4 is 28.9 Å². The molecule has 6 heteroatoms. The van der Waals surface area contributed by atoms with E-state index in [1.165, 1.54) is 18.2 Å². The highest BCUT2D eigenvalue weighted by molar-refractivity contribution is 8.18. The summed E-state index contributed by atoms with van der Waals surface area (Å²) < 4.78 is 11.3. The van der Waals surface area contributed by atoms with E-state index in [9.17, 15) is 4.79 Å². The maximum Gasteiger partial charge on any atom is 0.286 e. The van der Waals surface area contributed by atoms with Gasteiger partial charge < -0.3 is 14.4 Å². The van der Waals surface area contributed by atoms with Crippen LogP contribution >= 0.6 is 11.8 Å². The monoisotopic (exact) mass is 374 g/mol. The van der Waals surface area contributed by atoms with Gasteiger partial charge in [-0.3, -0.25) is 4.79 Å². The van der Waals surface area contributed by atoms with Gasteiger partial charge >= 0.3 is 0 Å². The highest BCUT2D eigenvalue weighted by Crippen LogP contribution is 2.35. The molecule has 0 N–H and O–H groups in total. The molecule has 5 nitrogen and oxygen atoms in total. The molecule has 140 valence electrons. The minimum absolute atomic E-state index is 0.167. The number of aliphatic imine (C=N–C) groups is 1. The lowest BCUT2D eigenvalue weighted by Gasteiger charge is -2.31. The van der Waals surface area contributed by atoms with Gasteiger partial charge in [0.25, 0.3) is 5.91 Å². The Bertz CT molecular complexity index is 730. The van der Waals surface area contributed by atoms with Crippen molar-refractivity contribution in [3.63, 3.8) is 0 Å². The summed E-state index contributed by atoms with van der Waals surface area (Å²) in [6, 6.07) is 5.70. The van der Waals surface area contributed by atoms with Crippen LogP contribution in [0.5, 0.6) is 11.5 Å². The van der Waals surface area contributed by atoms with Crippen molar-refractivity contribution in [1.29, 1.82) is 0 Å². The van der Waals surface area contributed by atoms with Crippen LogP contribution in [0.15, 0.2) is 28.1 Å². The molecule has 1 unspecified atom stereocenters. The Hall–Kier alpha value is -1.95. The van der Waals surface area contributed by atoms with Crippen LogP contribution in [0.25, 0.3) is 6.08 Å². The Morgan fingerprint density at radius 1 is 1.31 bits per heavy atom. The molecule has 0 radical (unpaired) electrons. The number of amides is 1. The number of hydrogen-bond donors (Lipinski definition) is 0. The van der Waals surface area contributed by atoms with Crippen molar-refractivity contribution in [2.75, 3.05) is 26.3 Å². The zero-order valence-electron chi connectivity index (χ0n) is 15.7. The summed E-state index contributed by atoms with van der Waals surface area (Å²) in [6.45, 7) is 9.25. The lowest BCUT2D eigenvalue weighted by atomic mass is 10.0. The zero-order valence-corrected chi connectivity index (χ0v) is 16.5. The van der Waals surface area contributed by atoms with Crippen molar-refractivity contribution in [2.45, 2.75) is 33.6 Å². The van der Waals surface area contributed by atoms with Crippen molar-refractivity contribution < 1.29 is 14.3 Å². The molecule has 0 aliphatic carbocycles. The summed E-state index contributed by atoms with van der Waals surface area (Å²) in [5.41, 5.74) is 0.870. The second kappa shape index (κ2) is 8.62. The first-order valence-electron chi connectivity index (χ1n) is 9.27. The predicted octanol–water partition coefficient (Wildman–Crippen LogP) is 4.19. The Balaban J connectivity index is 1.79. The standard InChI is InChI=1S/C20H26N2O3S/c1-4-24-16-9-8-15(17(12-16)25-5-2)11-18-19(23)21-20(26-18)22-10-6-7-14(3)13-22/h8-9,11-12,14H,4-7,10,13H2,1-3H3/b18-11-. The molecular weight excluding hydrogens is 348 g/mol. The molecule has 2 heterocycles. The van der Waals surface area contributed by atoms with Gasteiger partial charge in [-0.15, -0.1) is 0 Å². The van der Waals surface area contributed by atoms with Crippen LogP contribution in [0.1, 0.15) is 39.2 Å². The van der Waals surface area contributed by atoms with Gasteiger partial charge in [-0.25, -0.2) is 0 Å². The first kappa shape index (κ1) is 18.8. The van der Waals surface area contributed by atoms with E-state index in [1.807, 2.05) is 38.1 Å². The number of hydrogen-bond acceptors (Lipinski definition) is 5. The number of likely N-dealkylation sites (tertiary alicyclic amines) is 1. The summed E-state index contributed by atoms with van der Waals surface area (Å²) in [6.07, 6.45) is 4.27. The number of ether oxygens (including phenoxy) is 2. The lowest BCUT2D eigenvalue weighted by molar-refractivity contribution is -0.113. The minimum atomic E-state index is -0.167. The molecule has 26 heavy (non-hydrogen) atoms. The number of nitrogens with zero attached hydrogens (tertiary/aromatic N) is 2. The molecule has 1 aromatic rings. The molecule has 3 rings (SSSR count). The number of thioether (sulfide) groups is 1. The van der Waals surface area contributed by atoms with Gasteiger partial charge in [-0.1, -0.05) is 6.92 Å². The first-order valence-corrected chi connectivity index (χ1v) is 10.1. The molecule has 0 aromatic heterocycles. The van der Waals surface area contributed by atoms with Crippen molar-refractivity contribution in [2.24, 2.45) is 10.9 Å². The highest BCUT2D eigenvalue weighted by Gasteiger charge is 2.28. The number of piperidine rings is 1. The summed E-state index contributed by atoms with van der Waals surface area (Å²) in [5.74, 6) is 1.97. The molecule has 1 amide bonds. The second-order valence-corrected chi connectivity index (χ2v) is 7.58. The van der Waals surface area contributed by atoms with E-state index in [2.05, 4.69) is 16.8 Å². The molecule has 0 saturated carbocycles. The van der Waals surface area contributed by atoms with Crippen LogP contribution in [-0.2, 0) is 4.79 Å². The Morgan fingerprint density at radius 3 is 2.85 bits per heavy atom. The molecule has 2 aliphatic rings. The topological polar surface area (TPSA) is 51.1 Å². The summed E-state index contributed by atoms with van der Waals surface area (Å²) in [7, 11) is 0. The molecule has 0 spiro atoms. The van der Waals surface area contributed by atoms with Gasteiger partial charge in [0.15, 0.2) is 5.17 Å². The average molecular weight is 375 g/mol.